The van der Waals surface area contributed by atoms with Crippen LogP contribution in [0.4, 0.5) is 0 Å². The van der Waals surface area contributed by atoms with Gasteiger partial charge in [0.15, 0.2) is 5.65 Å². The van der Waals surface area contributed by atoms with Crippen molar-refractivity contribution in [3.8, 4) is 0 Å². The molecule has 0 amide bonds. The van der Waals surface area contributed by atoms with E-state index in [0.717, 1.165) is 22.1 Å². The lowest BCUT2D eigenvalue weighted by Crippen LogP contribution is -1.97. The van der Waals surface area contributed by atoms with Crippen LogP contribution in [0.15, 0.2) is 12.5 Å². The molecule has 0 radical (unpaired) electrons. The molecule has 0 saturated carbocycles. The average molecular weight is 180 g/mol. The molecule has 4 nitrogen and oxygen atoms in total. The van der Waals surface area contributed by atoms with E-state index in [4.69, 9.17) is 12.2 Å². The molecule has 2 heterocycles. The molecule has 0 aliphatic heterocycles. The Kier molecular flexibility index (Phi) is 1.65. The average Bonchev–Trinajstić information content (AvgIpc) is 2.52. The molecule has 0 spiro atoms. The van der Waals surface area contributed by atoms with E-state index in [1.54, 1.807) is 17.2 Å². The maximum Gasteiger partial charge on any atom is 0.178 e. The highest BCUT2D eigenvalue weighted by Gasteiger charge is 2.02. The summed E-state index contributed by atoms with van der Waals surface area (Å²) in [6.45, 7) is 2.06. The molecule has 0 unspecified atom stereocenters. The van der Waals surface area contributed by atoms with E-state index in [1.807, 2.05) is 0 Å². The van der Waals surface area contributed by atoms with Gasteiger partial charge in [-0.25, -0.2) is 4.98 Å². The van der Waals surface area contributed by atoms with Gasteiger partial charge in [0.2, 0.25) is 0 Å². The number of H-pyrrole nitrogens is 1. The number of aryl methyl sites for hydroxylation is 1. The maximum absolute atomic E-state index is 5.11. The summed E-state index contributed by atoms with van der Waals surface area (Å²) < 4.78 is 2.40. The number of aromatic amines is 1. The molecule has 0 fully saturated rings. The van der Waals surface area contributed by atoms with E-state index in [0.29, 0.717) is 0 Å². The Labute approximate surface area is 74.2 Å². The summed E-state index contributed by atoms with van der Waals surface area (Å²) in [5, 5.41) is 6.91. The van der Waals surface area contributed by atoms with Crippen molar-refractivity contribution >= 4 is 17.9 Å². The number of aromatic nitrogens is 4. The Bertz CT molecular complexity index is 456. The molecular weight excluding hydrogens is 172 g/mol. The smallest absolute Gasteiger partial charge is 0.178 e. The minimum absolute atomic E-state index is 0.782. The summed E-state index contributed by atoms with van der Waals surface area (Å²) in [7, 11) is 0. The first-order valence-corrected chi connectivity index (χ1v) is 4.14. The predicted octanol–water partition coefficient (Wildman–Crippen LogP) is 1.35. The van der Waals surface area contributed by atoms with Crippen molar-refractivity contribution in [2.45, 2.75) is 13.3 Å². The summed E-state index contributed by atoms with van der Waals surface area (Å²) in [4.78, 5) is 4.13. The first kappa shape index (κ1) is 7.42. The predicted molar refractivity (Wildman–Crippen MR) is 47.5 cm³/mol. The zero-order chi connectivity index (χ0) is 8.55. The van der Waals surface area contributed by atoms with Gasteiger partial charge in [-0.1, -0.05) is 19.1 Å². The third kappa shape index (κ3) is 0.937. The third-order valence-corrected chi connectivity index (χ3v) is 2.13. The molecule has 0 aliphatic carbocycles. The van der Waals surface area contributed by atoms with Crippen molar-refractivity contribution in [3.63, 3.8) is 0 Å². The monoisotopic (exact) mass is 180 g/mol. The third-order valence-electron chi connectivity index (χ3n) is 1.78. The first-order chi connectivity index (χ1) is 5.83. The first-order valence-electron chi connectivity index (χ1n) is 3.73. The molecule has 62 valence electrons. The minimum Gasteiger partial charge on any atom is -0.266 e. The molecular formula is C7H8N4S. The zero-order valence-electron chi connectivity index (χ0n) is 6.61. The van der Waals surface area contributed by atoms with Crippen LogP contribution in [0.1, 0.15) is 12.5 Å². The van der Waals surface area contributed by atoms with Crippen LogP contribution in [-0.2, 0) is 6.42 Å². The maximum atomic E-state index is 5.11. The molecule has 1 N–H and O–H groups in total. The standard InChI is InChI=1S/C7H8N4S/c1-2-5-6(12)3-9-11-7(5)8-4-10-11/h3-4H,2H2,1H3,(H,8,10). The molecule has 0 aliphatic rings. The van der Waals surface area contributed by atoms with E-state index in [2.05, 4.69) is 22.1 Å². The van der Waals surface area contributed by atoms with Crippen molar-refractivity contribution < 1.29 is 0 Å². The second-order valence-electron chi connectivity index (χ2n) is 2.46. The number of fused-ring (bicyclic) bond motifs is 1. The lowest BCUT2D eigenvalue weighted by molar-refractivity contribution is 0.789. The fourth-order valence-electron chi connectivity index (χ4n) is 1.18. The van der Waals surface area contributed by atoms with Gasteiger partial charge in [0.25, 0.3) is 0 Å². The summed E-state index contributed by atoms with van der Waals surface area (Å²) in [5.74, 6) is 0. The van der Waals surface area contributed by atoms with Gasteiger partial charge in [-0.05, 0) is 6.42 Å². The summed E-state index contributed by atoms with van der Waals surface area (Å²) in [5.41, 5.74) is 1.89. The van der Waals surface area contributed by atoms with Crippen molar-refractivity contribution in [3.05, 3.63) is 22.6 Å². The number of hydrogen-bond acceptors (Lipinski definition) is 3. The second kappa shape index (κ2) is 2.67. The van der Waals surface area contributed by atoms with Crippen molar-refractivity contribution in [1.82, 2.24) is 19.8 Å². The molecule has 0 aromatic carbocycles. The molecule has 0 saturated heterocycles. The van der Waals surface area contributed by atoms with Gasteiger partial charge in [0, 0.05) is 5.56 Å². The fraction of sp³-hybridized carbons (Fsp3) is 0.286. The van der Waals surface area contributed by atoms with Gasteiger partial charge in [0.1, 0.15) is 6.33 Å². The SMILES string of the molecule is CCc1c(=S)cnn2[nH]cnc12. The van der Waals surface area contributed by atoms with E-state index >= 15 is 0 Å². The summed E-state index contributed by atoms with van der Waals surface area (Å²) in [6, 6.07) is 0. The van der Waals surface area contributed by atoms with Crippen LogP contribution in [0.5, 0.6) is 0 Å². The normalized spacial score (nSPS) is 10.8. The Morgan fingerprint density at radius 2 is 2.50 bits per heavy atom. The van der Waals surface area contributed by atoms with E-state index < -0.39 is 0 Å². The molecule has 12 heavy (non-hydrogen) atoms. The van der Waals surface area contributed by atoms with Gasteiger partial charge >= 0.3 is 0 Å². The fourth-order valence-corrected chi connectivity index (χ4v) is 1.47. The van der Waals surface area contributed by atoms with Crippen LogP contribution in [0.3, 0.4) is 0 Å². The Morgan fingerprint density at radius 1 is 1.67 bits per heavy atom. The van der Waals surface area contributed by atoms with Crippen LogP contribution < -0.4 is 0 Å². The number of rotatable bonds is 1. The molecule has 5 heteroatoms. The van der Waals surface area contributed by atoms with Gasteiger partial charge in [0.05, 0.1) is 10.7 Å². The summed E-state index contributed by atoms with van der Waals surface area (Å²) in [6.07, 6.45) is 4.16. The molecule has 0 bridgehead atoms. The molecule has 0 atom stereocenters. The summed E-state index contributed by atoms with van der Waals surface area (Å²) >= 11 is 5.11. The minimum atomic E-state index is 0.782. The number of hydrogen-bond donors (Lipinski definition) is 1. The Balaban J connectivity index is 2.92. The number of nitrogens with one attached hydrogen (secondary N) is 1. The van der Waals surface area contributed by atoms with Crippen molar-refractivity contribution in [1.29, 1.82) is 0 Å². The highest BCUT2D eigenvalue weighted by atomic mass is 32.1. The second-order valence-corrected chi connectivity index (χ2v) is 2.90. The highest BCUT2D eigenvalue weighted by molar-refractivity contribution is 7.71. The molecule has 2 aromatic heterocycles. The van der Waals surface area contributed by atoms with Gasteiger partial charge in [-0.3, -0.25) is 5.10 Å². The number of nitrogens with zero attached hydrogens (tertiary/aromatic N) is 3. The van der Waals surface area contributed by atoms with Crippen molar-refractivity contribution in [2.75, 3.05) is 0 Å². The van der Waals surface area contributed by atoms with Crippen molar-refractivity contribution in [2.24, 2.45) is 0 Å². The Hall–Kier alpha value is -1.23. The van der Waals surface area contributed by atoms with Gasteiger partial charge in [-0.15, -0.1) is 0 Å². The van der Waals surface area contributed by atoms with E-state index in [9.17, 15) is 0 Å². The molecule has 2 aromatic rings. The molecule has 2 rings (SSSR count). The quantitative estimate of drug-likeness (QED) is 0.674. The topological polar surface area (TPSA) is 46.0 Å². The Morgan fingerprint density at radius 3 is 3.25 bits per heavy atom. The van der Waals surface area contributed by atoms with Crippen LogP contribution in [0.2, 0.25) is 0 Å². The van der Waals surface area contributed by atoms with Gasteiger partial charge < -0.3 is 0 Å². The van der Waals surface area contributed by atoms with E-state index in [-0.39, 0.29) is 0 Å². The lowest BCUT2D eigenvalue weighted by atomic mass is 10.2. The van der Waals surface area contributed by atoms with Crippen LogP contribution in [0.25, 0.3) is 5.65 Å². The van der Waals surface area contributed by atoms with Gasteiger partial charge in [-0.2, -0.15) is 9.73 Å². The van der Waals surface area contributed by atoms with E-state index in [1.165, 1.54) is 0 Å². The highest BCUT2D eigenvalue weighted by Crippen LogP contribution is 2.07. The largest absolute Gasteiger partial charge is 0.266 e. The lowest BCUT2D eigenvalue weighted by Gasteiger charge is -1.97. The van der Waals surface area contributed by atoms with Crippen LogP contribution >= 0.6 is 12.2 Å². The zero-order valence-corrected chi connectivity index (χ0v) is 7.43. The van der Waals surface area contributed by atoms with Crippen LogP contribution in [-0.4, -0.2) is 19.8 Å². The van der Waals surface area contributed by atoms with Crippen LogP contribution in [0, 0.1) is 4.51 Å².